The van der Waals surface area contributed by atoms with E-state index in [-0.39, 0.29) is 0 Å². The molecule has 0 atom stereocenters. The molecule has 9 heteroatoms. The third kappa shape index (κ3) is 4.03. The first-order valence-corrected chi connectivity index (χ1v) is 7.22. The molecule has 1 aromatic rings. The number of halogens is 1. The van der Waals surface area contributed by atoms with Gasteiger partial charge in [-0.25, -0.2) is 14.8 Å². The molecule has 0 saturated carbocycles. The molecule has 1 fully saturated rings. The molecule has 1 amide bonds. The Bertz CT molecular complexity index is 543. The van der Waals surface area contributed by atoms with Gasteiger partial charge >= 0.3 is 6.09 Å². The van der Waals surface area contributed by atoms with Gasteiger partial charge in [-0.3, -0.25) is 0 Å². The number of hydrogen-bond donors (Lipinski definition) is 1. The number of anilines is 1. The van der Waals surface area contributed by atoms with Crippen LogP contribution in [0.2, 0.25) is 0 Å². The lowest BCUT2D eigenvalue weighted by Crippen LogP contribution is -2.48. The summed E-state index contributed by atoms with van der Waals surface area (Å²) in [5.74, 6) is 1.11. The van der Waals surface area contributed by atoms with Gasteiger partial charge in [0.25, 0.3) is 0 Å². The van der Waals surface area contributed by atoms with Gasteiger partial charge in [-0.2, -0.15) is 4.98 Å². The summed E-state index contributed by atoms with van der Waals surface area (Å²) in [6.45, 7) is 2.05. The molecular weight excluding hydrogens is 340 g/mol. The van der Waals surface area contributed by atoms with E-state index in [0.29, 0.717) is 42.4 Å². The number of nitrogens with zero attached hydrogens (tertiary/aromatic N) is 6. The smallest absolute Gasteiger partial charge is 0.407 e. The molecular formula is C12H17BrN6O2. The molecule has 1 N–H and O–H groups in total. The molecule has 0 bridgehead atoms. The van der Waals surface area contributed by atoms with E-state index in [2.05, 4.69) is 30.9 Å². The average Bonchev–Trinajstić information content (AvgIpc) is 2.46. The molecule has 21 heavy (non-hydrogen) atoms. The number of rotatable bonds is 3. The van der Waals surface area contributed by atoms with Gasteiger partial charge in [-0.05, 0) is 15.9 Å². The van der Waals surface area contributed by atoms with E-state index in [1.165, 1.54) is 4.90 Å². The van der Waals surface area contributed by atoms with Gasteiger partial charge in [0, 0.05) is 46.5 Å². The fourth-order valence-electron chi connectivity index (χ4n) is 1.86. The van der Waals surface area contributed by atoms with Crippen molar-refractivity contribution in [2.45, 2.75) is 0 Å². The molecule has 1 aromatic heterocycles. The second-order valence-corrected chi connectivity index (χ2v) is 5.66. The lowest BCUT2D eigenvalue weighted by molar-refractivity contribution is 0.142. The van der Waals surface area contributed by atoms with Gasteiger partial charge in [-0.15, -0.1) is 0 Å². The minimum absolute atomic E-state index is 0.449. The number of hydrogen-bond acceptors (Lipinski definition) is 5. The number of aromatic nitrogens is 2. The molecule has 0 unspecified atom stereocenters. The number of amides is 1. The predicted molar refractivity (Wildman–Crippen MR) is 83.4 cm³/mol. The van der Waals surface area contributed by atoms with Crippen LogP contribution in [0.1, 0.15) is 0 Å². The second kappa shape index (κ2) is 6.70. The third-order valence-corrected chi connectivity index (χ3v) is 3.52. The summed E-state index contributed by atoms with van der Waals surface area (Å²) >= 11 is 3.37. The van der Waals surface area contributed by atoms with Crippen molar-refractivity contribution in [2.75, 3.05) is 45.2 Å². The summed E-state index contributed by atoms with van der Waals surface area (Å²) in [6, 6.07) is 0. The van der Waals surface area contributed by atoms with Gasteiger partial charge in [0.1, 0.15) is 0 Å². The first-order chi connectivity index (χ1) is 9.97. The molecule has 2 heterocycles. The van der Waals surface area contributed by atoms with Crippen LogP contribution < -0.4 is 4.90 Å². The van der Waals surface area contributed by atoms with Crippen molar-refractivity contribution in [3.05, 3.63) is 10.7 Å². The van der Waals surface area contributed by atoms with Crippen LogP contribution in [-0.2, 0) is 0 Å². The maximum Gasteiger partial charge on any atom is 0.407 e. The van der Waals surface area contributed by atoms with Gasteiger partial charge in [-0.1, -0.05) is 0 Å². The summed E-state index contributed by atoms with van der Waals surface area (Å²) < 4.78 is 0.716. The Balaban J connectivity index is 2.11. The zero-order valence-electron chi connectivity index (χ0n) is 11.9. The summed E-state index contributed by atoms with van der Waals surface area (Å²) in [6.07, 6.45) is 2.44. The third-order valence-electron chi connectivity index (χ3n) is 2.96. The molecule has 114 valence electrons. The van der Waals surface area contributed by atoms with Crippen LogP contribution in [0.25, 0.3) is 0 Å². The molecule has 0 aliphatic carbocycles. The monoisotopic (exact) mass is 356 g/mol. The summed E-state index contributed by atoms with van der Waals surface area (Å²) in [4.78, 5) is 29.0. The standard InChI is InChI=1S/C12H17BrN6O2/c1-17(2)8-15-10-9(13)7-14-11(16-10)18-3-5-19(6-4-18)12(20)21/h7-8H,3-6H2,1-2H3,(H,20,21). The first kappa shape index (κ1) is 15.5. The first-order valence-electron chi connectivity index (χ1n) is 6.43. The largest absolute Gasteiger partial charge is 0.465 e. The van der Waals surface area contributed by atoms with E-state index >= 15 is 0 Å². The number of carbonyl (C=O) groups is 1. The highest BCUT2D eigenvalue weighted by Gasteiger charge is 2.22. The predicted octanol–water partition coefficient (Wildman–Crippen LogP) is 1.26. The van der Waals surface area contributed by atoms with Gasteiger partial charge in [0.05, 0.1) is 10.8 Å². The zero-order valence-corrected chi connectivity index (χ0v) is 13.5. The Hall–Kier alpha value is -1.90. The Morgan fingerprint density at radius 2 is 2.10 bits per heavy atom. The maximum atomic E-state index is 10.9. The van der Waals surface area contributed by atoms with E-state index < -0.39 is 6.09 Å². The Morgan fingerprint density at radius 3 is 2.67 bits per heavy atom. The average molecular weight is 357 g/mol. The topological polar surface area (TPSA) is 85.2 Å². The van der Waals surface area contributed by atoms with Crippen molar-refractivity contribution < 1.29 is 9.90 Å². The van der Waals surface area contributed by atoms with Crippen molar-refractivity contribution in [3.8, 4) is 0 Å². The minimum atomic E-state index is -0.886. The van der Waals surface area contributed by atoms with Crippen molar-refractivity contribution in [2.24, 2.45) is 4.99 Å². The van der Waals surface area contributed by atoms with E-state index in [1.807, 2.05) is 23.9 Å². The summed E-state index contributed by atoms with van der Waals surface area (Å²) in [5.41, 5.74) is 0. The Morgan fingerprint density at radius 1 is 1.43 bits per heavy atom. The normalized spacial score (nSPS) is 15.6. The summed E-state index contributed by atoms with van der Waals surface area (Å²) in [7, 11) is 3.76. The highest BCUT2D eigenvalue weighted by Crippen LogP contribution is 2.24. The molecule has 2 rings (SSSR count). The van der Waals surface area contributed by atoms with Gasteiger partial charge in [0.15, 0.2) is 5.82 Å². The van der Waals surface area contributed by atoms with Gasteiger partial charge < -0.3 is 19.8 Å². The molecule has 1 saturated heterocycles. The van der Waals surface area contributed by atoms with Crippen LogP contribution >= 0.6 is 15.9 Å². The number of piperazine rings is 1. The SMILES string of the molecule is CN(C)C=Nc1nc(N2CCN(C(=O)O)CC2)ncc1Br. The molecule has 0 spiro atoms. The minimum Gasteiger partial charge on any atom is -0.465 e. The number of carboxylic acid groups (broad SMARTS) is 1. The van der Waals surface area contributed by atoms with Crippen LogP contribution in [-0.4, -0.2) is 77.6 Å². The highest BCUT2D eigenvalue weighted by atomic mass is 79.9. The van der Waals surface area contributed by atoms with E-state index in [4.69, 9.17) is 5.11 Å². The fourth-order valence-corrected chi connectivity index (χ4v) is 2.15. The van der Waals surface area contributed by atoms with E-state index in [0.717, 1.165) is 0 Å². The van der Waals surface area contributed by atoms with Crippen molar-refractivity contribution in [3.63, 3.8) is 0 Å². The highest BCUT2D eigenvalue weighted by molar-refractivity contribution is 9.10. The number of aliphatic imine (C=N–C) groups is 1. The van der Waals surface area contributed by atoms with E-state index in [9.17, 15) is 4.79 Å². The van der Waals surface area contributed by atoms with Crippen LogP contribution in [0.3, 0.4) is 0 Å². The Labute approximate surface area is 131 Å². The maximum absolute atomic E-state index is 10.9. The lowest BCUT2D eigenvalue weighted by Gasteiger charge is -2.33. The quantitative estimate of drug-likeness (QED) is 0.648. The lowest BCUT2D eigenvalue weighted by atomic mass is 10.3. The van der Waals surface area contributed by atoms with Gasteiger partial charge in [0.2, 0.25) is 5.95 Å². The Kier molecular flexibility index (Phi) is 4.94. The second-order valence-electron chi connectivity index (χ2n) is 4.81. The van der Waals surface area contributed by atoms with Crippen LogP contribution in [0, 0.1) is 0 Å². The molecule has 0 radical (unpaired) electrons. The molecule has 1 aliphatic heterocycles. The van der Waals surface area contributed by atoms with Crippen LogP contribution in [0.4, 0.5) is 16.6 Å². The zero-order chi connectivity index (χ0) is 15.4. The molecule has 8 nitrogen and oxygen atoms in total. The van der Waals surface area contributed by atoms with E-state index in [1.54, 1.807) is 12.5 Å². The van der Waals surface area contributed by atoms with Crippen LogP contribution in [0.15, 0.2) is 15.7 Å². The van der Waals surface area contributed by atoms with Crippen molar-refractivity contribution in [1.29, 1.82) is 0 Å². The van der Waals surface area contributed by atoms with Crippen molar-refractivity contribution >= 4 is 40.1 Å². The fraction of sp³-hybridized carbons (Fsp3) is 0.500. The van der Waals surface area contributed by atoms with Crippen LogP contribution in [0.5, 0.6) is 0 Å². The van der Waals surface area contributed by atoms with Crippen molar-refractivity contribution in [1.82, 2.24) is 19.8 Å². The molecule has 0 aromatic carbocycles. The molecule has 1 aliphatic rings. The summed E-state index contributed by atoms with van der Waals surface area (Å²) in [5, 5.41) is 8.94.